The van der Waals surface area contributed by atoms with Gasteiger partial charge in [0.2, 0.25) is 0 Å². The SMILES string of the molecule is C=CC(OC(CC)OC(C)C)c1ccccc1. The zero-order valence-electron chi connectivity index (χ0n) is 10.9. The minimum Gasteiger partial charge on any atom is -0.350 e. The molecule has 2 atom stereocenters. The van der Waals surface area contributed by atoms with Crippen molar-refractivity contribution in [3.63, 3.8) is 0 Å². The van der Waals surface area contributed by atoms with E-state index in [2.05, 4.69) is 13.5 Å². The van der Waals surface area contributed by atoms with E-state index < -0.39 is 0 Å². The molecule has 2 unspecified atom stereocenters. The molecule has 0 bridgehead atoms. The molecule has 2 heteroatoms. The number of hydrogen-bond donors (Lipinski definition) is 0. The van der Waals surface area contributed by atoms with Gasteiger partial charge in [-0.1, -0.05) is 43.3 Å². The van der Waals surface area contributed by atoms with Crippen LogP contribution in [0.3, 0.4) is 0 Å². The van der Waals surface area contributed by atoms with Gasteiger partial charge >= 0.3 is 0 Å². The molecule has 1 aromatic rings. The molecule has 0 heterocycles. The van der Waals surface area contributed by atoms with E-state index in [4.69, 9.17) is 9.47 Å². The quantitative estimate of drug-likeness (QED) is 0.522. The van der Waals surface area contributed by atoms with Crippen LogP contribution in [0.25, 0.3) is 0 Å². The largest absolute Gasteiger partial charge is 0.350 e. The second-order valence-corrected chi connectivity index (χ2v) is 4.23. The van der Waals surface area contributed by atoms with Gasteiger partial charge < -0.3 is 9.47 Å². The summed E-state index contributed by atoms with van der Waals surface area (Å²) in [6, 6.07) is 10.1. The maximum atomic E-state index is 5.91. The topological polar surface area (TPSA) is 18.5 Å². The van der Waals surface area contributed by atoms with Crippen LogP contribution in [0.5, 0.6) is 0 Å². The zero-order chi connectivity index (χ0) is 12.7. The predicted molar refractivity (Wildman–Crippen MR) is 70.8 cm³/mol. The van der Waals surface area contributed by atoms with Crippen molar-refractivity contribution >= 4 is 0 Å². The van der Waals surface area contributed by atoms with Crippen molar-refractivity contribution in [3.05, 3.63) is 48.6 Å². The molecule has 0 aliphatic rings. The summed E-state index contributed by atoms with van der Waals surface area (Å²) in [6.07, 6.45) is 2.51. The summed E-state index contributed by atoms with van der Waals surface area (Å²) in [5, 5.41) is 0. The van der Waals surface area contributed by atoms with Gasteiger partial charge in [0.05, 0.1) is 6.10 Å². The van der Waals surface area contributed by atoms with Gasteiger partial charge in [0.25, 0.3) is 0 Å². The standard InChI is InChI=1S/C15H22O2/c1-5-14(13-10-8-7-9-11-13)17-15(6-2)16-12(3)4/h5,7-12,14-15H,1,6H2,2-4H3. The van der Waals surface area contributed by atoms with Crippen molar-refractivity contribution in [1.29, 1.82) is 0 Å². The van der Waals surface area contributed by atoms with Gasteiger partial charge in [0.15, 0.2) is 6.29 Å². The van der Waals surface area contributed by atoms with E-state index >= 15 is 0 Å². The Kier molecular flexibility index (Phi) is 5.95. The summed E-state index contributed by atoms with van der Waals surface area (Å²) < 4.78 is 11.6. The molecule has 0 saturated carbocycles. The average Bonchev–Trinajstić information content (AvgIpc) is 2.35. The van der Waals surface area contributed by atoms with Crippen LogP contribution < -0.4 is 0 Å². The molecule has 0 N–H and O–H groups in total. The molecular formula is C15H22O2. The van der Waals surface area contributed by atoms with Gasteiger partial charge in [-0.3, -0.25) is 0 Å². The molecule has 0 aliphatic heterocycles. The van der Waals surface area contributed by atoms with Gasteiger partial charge in [-0.25, -0.2) is 0 Å². The molecule has 0 aromatic heterocycles. The monoisotopic (exact) mass is 234 g/mol. The minimum absolute atomic E-state index is 0.111. The highest BCUT2D eigenvalue weighted by Gasteiger charge is 2.15. The van der Waals surface area contributed by atoms with Crippen LogP contribution in [-0.4, -0.2) is 12.4 Å². The molecule has 17 heavy (non-hydrogen) atoms. The predicted octanol–water partition coefficient (Wildman–Crippen LogP) is 4.09. The Labute approximate surface area is 104 Å². The van der Waals surface area contributed by atoms with Crippen molar-refractivity contribution < 1.29 is 9.47 Å². The van der Waals surface area contributed by atoms with Crippen molar-refractivity contribution in [3.8, 4) is 0 Å². The van der Waals surface area contributed by atoms with Gasteiger partial charge in [-0.05, 0) is 25.8 Å². The fraction of sp³-hybridized carbons (Fsp3) is 0.467. The second kappa shape index (κ2) is 7.25. The van der Waals surface area contributed by atoms with E-state index in [-0.39, 0.29) is 18.5 Å². The average molecular weight is 234 g/mol. The van der Waals surface area contributed by atoms with Crippen LogP contribution >= 0.6 is 0 Å². The Hall–Kier alpha value is -1.12. The van der Waals surface area contributed by atoms with Crippen LogP contribution in [0, 0.1) is 0 Å². The van der Waals surface area contributed by atoms with E-state index in [1.165, 1.54) is 0 Å². The first kappa shape index (κ1) is 13.9. The lowest BCUT2D eigenvalue weighted by Gasteiger charge is -2.24. The van der Waals surface area contributed by atoms with E-state index in [1.807, 2.05) is 50.3 Å². The lowest BCUT2D eigenvalue weighted by molar-refractivity contribution is -0.180. The molecule has 1 aromatic carbocycles. The summed E-state index contributed by atoms with van der Waals surface area (Å²) in [4.78, 5) is 0. The normalized spacial score (nSPS) is 14.6. The highest BCUT2D eigenvalue weighted by Crippen LogP contribution is 2.22. The first-order valence-corrected chi connectivity index (χ1v) is 6.15. The molecule has 0 amide bonds. The number of rotatable bonds is 7. The molecule has 0 fully saturated rings. The van der Waals surface area contributed by atoms with Crippen LogP contribution in [0.15, 0.2) is 43.0 Å². The molecule has 0 saturated heterocycles. The van der Waals surface area contributed by atoms with Gasteiger partial charge in [0, 0.05) is 0 Å². The molecule has 2 nitrogen and oxygen atoms in total. The highest BCUT2D eigenvalue weighted by molar-refractivity contribution is 5.20. The summed E-state index contributed by atoms with van der Waals surface area (Å²) in [7, 11) is 0. The third-order valence-corrected chi connectivity index (χ3v) is 2.40. The number of benzene rings is 1. The molecule has 94 valence electrons. The summed E-state index contributed by atoms with van der Waals surface area (Å²) >= 11 is 0. The fourth-order valence-electron chi connectivity index (χ4n) is 1.60. The van der Waals surface area contributed by atoms with Gasteiger partial charge in [-0.15, -0.1) is 6.58 Å². The first-order chi connectivity index (χ1) is 8.17. The van der Waals surface area contributed by atoms with Crippen molar-refractivity contribution in [2.24, 2.45) is 0 Å². The maximum Gasteiger partial charge on any atom is 0.158 e. The van der Waals surface area contributed by atoms with Crippen molar-refractivity contribution in [2.75, 3.05) is 0 Å². The Bertz CT molecular complexity index is 319. The molecule has 0 aliphatic carbocycles. The van der Waals surface area contributed by atoms with Crippen LogP contribution in [-0.2, 0) is 9.47 Å². The van der Waals surface area contributed by atoms with Crippen LogP contribution in [0.4, 0.5) is 0 Å². The molecular weight excluding hydrogens is 212 g/mol. The minimum atomic E-state index is -0.182. The van der Waals surface area contributed by atoms with Crippen LogP contribution in [0.1, 0.15) is 38.9 Å². The first-order valence-electron chi connectivity index (χ1n) is 6.15. The molecule has 0 radical (unpaired) electrons. The maximum absolute atomic E-state index is 5.91. The van der Waals surface area contributed by atoms with E-state index in [0.717, 1.165) is 12.0 Å². The third kappa shape index (κ3) is 4.72. The number of ether oxygens (including phenoxy) is 2. The lowest BCUT2D eigenvalue weighted by atomic mass is 10.1. The Morgan fingerprint density at radius 3 is 2.29 bits per heavy atom. The Morgan fingerprint density at radius 1 is 1.18 bits per heavy atom. The highest BCUT2D eigenvalue weighted by atomic mass is 16.7. The molecule has 0 spiro atoms. The Morgan fingerprint density at radius 2 is 1.82 bits per heavy atom. The van der Waals surface area contributed by atoms with E-state index in [1.54, 1.807) is 0 Å². The van der Waals surface area contributed by atoms with Crippen LogP contribution in [0.2, 0.25) is 0 Å². The van der Waals surface area contributed by atoms with Gasteiger partial charge in [-0.2, -0.15) is 0 Å². The van der Waals surface area contributed by atoms with Crippen molar-refractivity contribution in [2.45, 2.75) is 45.7 Å². The lowest BCUT2D eigenvalue weighted by Crippen LogP contribution is -2.22. The third-order valence-electron chi connectivity index (χ3n) is 2.40. The fourth-order valence-corrected chi connectivity index (χ4v) is 1.60. The van der Waals surface area contributed by atoms with Crippen molar-refractivity contribution in [1.82, 2.24) is 0 Å². The van der Waals surface area contributed by atoms with Gasteiger partial charge in [0.1, 0.15) is 6.10 Å². The summed E-state index contributed by atoms with van der Waals surface area (Å²) in [5.74, 6) is 0. The zero-order valence-corrected chi connectivity index (χ0v) is 10.9. The summed E-state index contributed by atoms with van der Waals surface area (Å²) in [6.45, 7) is 9.90. The van der Waals surface area contributed by atoms with E-state index in [0.29, 0.717) is 0 Å². The smallest absolute Gasteiger partial charge is 0.158 e. The second-order valence-electron chi connectivity index (χ2n) is 4.23. The summed E-state index contributed by atoms with van der Waals surface area (Å²) in [5.41, 5.74) is 1.10. The molecule has 1 rings (SSSR count). The Balaban J connectivity index is 2.65. The number of hydrogen-bond acceptors (Lipinski definition) is 2. The van der Waals surface area contributed by atoms with E-state index in [9.17, 15) is 0 Å².